The van der Waals surface area contributed by atoms with E-state index in [1.807, 2.05) is 0 Å². The monoisotopic (exact) mass is 523 g/mol. The number of thiazole rings is 1. The van der Waals surface area contributed by atoms with Gasteiger partial charge in [0.1, 0.15) is 17.3 Å². The highest BCUT2D eigenvalue weighted by molar-refractivity contribution is 9.10. The minimum Gasteiger partial charge on any atom is -0.503 e. The molecule has 1 amide bonds. The standard InChI is InChI=1S/C20H12BrClFN3O4S/c1-29-14-4-5-24-17(18(14)27)19(28)26-20-25-12-7-10(21)15(8-16(12)31-20)30-13-3-2-9(23)6-11(13)22/h2-8,27H,1H3,(H,25,26,28). The van der Waals surface area contributed by atoms with E-state index in [1.54, 1.807) is 12.1 Å². The Hall–Kier alpha value is -2.95. The third kappa shape index (κ3) is 4.41. The van der Waals surface area contributed by atoms with Crippen LogP contribution in [-0.4, -0.2) is 28.1 Å². The van der Waals surface area contributed by atoms with Gasteiger partial charge in [-0.3, -0.25) is 10.1 Å². The molecule has 11 heteroatoms. The highest BCUT2D eigenvalue weighted by Gasteiger charge is 2.19. The molecule has 2 aromatic heterocycles. The first-order chi connectivity index (χ1) is 14.9. The van der Waals surface area contributed by atoms with E-state index >= 15 is 0 Å². The number of aromatic nitrogens is 2. The van der Waals surface area contributed by atoms with Crippen LogP contribution >= 0.6 is 38.9 Å². The number of pyridine rings is 1. The highest BCUT2D eigenvalue weighted by atomic mass is 79.9. The van der Waals surface area contributed by atoms with E-state index in [9.17, 15) is 14.3 Å². The molecule has 0 aliphatic carbocycles. The average Bonchev–Trinajstić information content (AvgIpc) is 3.11. The Kier molecular flexibility index (Phi) is 5.94. The number of carbonyl (C=O) groups excluding carboxylic acids is 1. The second kappa shape index (κ2) is 8.66. The summed E-state index contributed by atoms with van der Waals surface area (Å²) in [7, 11) is 1.38. The molecular formula is C20H12BrClFN3O4S. The van der Waals surface area contributed by atoms with Crippen LogP contribution in [0.2, 0.25) is 5.02 Å². The molecule has 0 aliphatic heterocycles. The number of nitrogens with zero attached hydrogens (tertiary/aromatic N) is 2. The van der Waals surface area contributed by atoms with E-state index in [4.69, 9.17) is 21.1 Å². The SMILES string of the molecule is COc1ccnc(C(=O)Nc2nc3cc(Br)c(Oc4ccc(F)cc4Cl)cc3s2)c1O. The van der Waals surface area contributed by atoms with Crippen LogP contribution < -0.4 is 14.8 Å². The van der Waals surface area contributed by atoms with E-state index in [1.165, 1.54) is 42.8 Å². The van der Waals surface area contributed by atoms with Gasteiger partial charge in [-0.15, -0.1) is 0 Å². The predicted molar refractivity (Wildman–Crippen MR) is 119 cm³/mol. The lowest BCUT2D eigenvalue weighted by Gasteiger charge is -2.09. The number of halogens is 3. The molecular weight excluding hydrogens is 513 g/mol. The number of benzene rings is 2. The van der Waals surface area contributed by atoms with Crippen molar-refractivity contribution in [3.8, 4) is 23.0 Å². The largest absolute Gasteiger partial charge is 0.503 e. The summed E-state index contributed by atoms with van der Waals surface area (Å²) in [5, 5.41) is 13.2. The fourth-order valence-electron chi connectivity index (χ4n) is 2.66. The first kappa shape index (κ1) is 21.3. The van der Waals surface area contributed by atoms with Crippen molar-refractivity contribution in [1.29, 1.82) is 0 Å². The van der Waals surface area contributed by atoms with Crippen molar-refractivity contribution >= 4 is 60.1 Å². The van der Waals surface area contributed by atoms with E-state index in [-0.39, 0.29) is 22.2 Å². The molecule has 0 radical (unpaired) electrons. The zero-order chi connectivity index (χ0) is 22.1. The van der Waals surface area contributed by atoms with Crippen LogP contribution in [0.15, 0.2) is 47.1 Å². The van der Waals surface area contributed by atoms with Gasteiger partial charge in [0, 0.05) is 18.3 Å². The summed E-state index contributed by atoms with van der Waals surface area (Å²) in [6.07, 6.45) is 1.35. The quantitative estimate of drug-likeness (QED) is 0.332. The van der Waals surface area contributed by atoms with Crippen molar-refractivity contribution in [2.24, 2.45) is 0 Å². The molecule has 0 spiro atoms. The maximum atomic E-state index is 13.3. The van der Waals surface area contributed by atoms with E-state index in [0.29, 0.717) is 26.6 Å². The molecule has 0 bridgehead atoms. The number of carbonyl (C=O) groups is 1. The number of aromatic hydroxyl groups is 1. The van der Waals surface area contributed by atoms with Gasteiger partial charge in [-0.1, -0.05) is 22.9 Å². The molecule has 7 nitrogen and oxygen atoms in total. The minimum absolute atomic E-state index is 0.134. The fraction of sp³-hybridized carbons (Fsp3) is 0.0500. The van der Waals surface area contributed by atoms with Crippen LogP contribution in [0, 0.1) is 5.82 Å². The molecule has 0 unspecified atom stereocenters. The number of ether oxygens (including phenoxy) is 2. The van der Waals surface area contributed by atoms with Gasteiger partial charge in [-0.2, -0.15) is 0 Å². The number of rotatable bonds is 5. The van der Waals surface area contributed by atoms with Gasteiger partial charge in [0.25, 0.3) is 5.91 Å². The van der Waals surface area contributed by atoms with Crippen LogP contribution in [0.4, 0.5) is 9.52 Å². The zero-order valence-electron chi connectivity index (χ0n) is 15.6. The van der Waals surface area contributed by atoms with Crippen LogP contribution in [0.25, 0.3) is 10.2 Å². The lowest BCUT2D eigenvalue weighted by atomic mass is 10.3. The van der Waals surface area contributed by atoms with Gasteiger partial charge in [0.2, 0.25) is 0 Å². The maximum Gasteiger partial charge on any atom is 0.280 e. The maximum absolute atomic E-state index is 13.3. The summed E-state index contributed by atoms with van der Waals surface area (Å²) in [6, 6.07) is 8.71. The smallest absolute Gasteiger partial charge is 0.280 e. The van der Waals surface area contributed by atoms with E-state index in [2.05, 4.69) is 31.2 Å². The molecule has 0 aliphatic rings. The molecule has 158 valence electrons. The number of hydrogen-bond acceptors (Lipinski definition) is 7. The summed E-state index contributed by atoms with van der Waals surface area (Å²) in [6.45, 7) is 0. The molecule has 2 N–H and O–H groups in total. The molecule has 0 fully saturated rings. The van der Waals surface area contributed by atoms with Gasteiger partial charge < -0.3 is 14.6 Å². The van der Waals surface area contributed by atoms with Gasteiger partial charge in [-0.05, 0) is 40.2 Å². The Morgan fingerprint density at radius 1 is 1.23 bits per heavy atom. The molecule has 31 heavy (non-hydrogen) atoms. The Morgan fingerprint density at radius 2 is 2.03 bits per heavy atom. The van der Waals surface area contributed by atoms with Gasteiger partial charge in [0.15, 0.2) is 22.3 Å². The fourth-order valence-corrected chi connectivity index (χ4v) is 4.15. The van der Waals surface area contributed by atoms with Gasteiger partial charge >= 0.3 is 0 Å². The summed E-state index contributed by atoms with van der Waals surface area (Å²) >= 11 is 10.6. The topological polar surface area (TPSA) is 93.6 Å². The number of fused-ring (bicyclic) bond motifs is 1. The first-order valence-electron chi connectivity index (χ1n) is 8.62. The Labute approximate surface area is 192 Å². The third-order valence-electron chi connectivity index (χ3n) is 4.10. The van der Waals surface area contributed by atoms with Gasteiger partial charge in [-0.25, -0.2) is 14.4 Å². The van der Waals surface area contributed by atoms with Crippen molar-refractivity contribution < 1.29 is 23.8 Å². The van der Waals surface area contributed by atoms with Crippen LogP contribution in [0.1, 0.15) is 10.5 Å². The lowest BCUT2D eigenvalue weighted by Crippen LogP contribution is -2.13. The Balaban J connectivity index is 1.60. The zero-order valence-corrected chi connectivity index (χ0v) is 18.8. The molecule has 2 heterocycles. The van der Waals surface area contributed by atoms with Crippen molar-refractivity contribution in [1.82, 2.24) is 9.97 Å². The van der Waals surface area contributed by atoms with E-state index in [0.717, 1.165) is 10.8 Å². The summed E-state index contributed by atoms with van der Waals surface area (Å²) < 4.78 is 25.3. The molecule has 0 atom stereocenters. The average molecular weight is 525 g/mol. The number of nitrogens with one attached hydrogen (secondary N) is 1. The summed E-state index contributed by atoms with van der Waals surface area (Å²) in [5.41, 5.74) is 0.419. The Morgan fingerprint density at radius 3 is 2.77 bits per heavy atom. The van der Waals surface area contributed by atoms with Crippen LogP contribution in [0.5, 0.6) is 23.0 Å². The van der Waals surface area contributed by atoms with Gasteiger partial charge in [0.05, 0.1) is 26.8 Å². The molecule has 4 rings (SSSR count). The second-order valence-electron chi connectivity index (χ2n) is 6.11. The first-order valence-corrected chi connectivity index (χ1v) is 10.6. The van der Waals surface area contributed by atoms with Crippen molar-refractivity contribution in [3.63, 3.8) is 0 Å². The number of anilines is 1. The molecule has 0 saturated carbocycles. The normalized spacial score (nSPS) is 10.8. The lowest BCUT2D eigenvalue weighted by molar-refractivity contribution is 0.101. The van der Waals surface area contributed by atoms with Crippen molar-refractivity contribution in [2.75, 3.05) is 12.4 Å². The highest BCUT2D eigenvalue weighted by Crippen LogP contribution is 2.39. The van der Waals surface area contributed by atoms with E-state index < -0.39 is 11.7 Å². The summed E-state index contributed by atoms with van der Waals surface area (Å²) in [5.74, 6) is -0.599. The second-order valence-corrected chi connectivity index (χ2v) is 8.40. The number of methoxy groups -OCH3 is 1. The van der Waals surface area contributed by atoms with Crippen LogP contribution in [0.3, 0.4) is 0 Å². The Bertz CT molecular complexity index is 1320. The predicted octanol–water partition coefficient (Wildman–Crippen LogP) is 6.01. The molecule has 0 saturated heterocycles. The summed E-state index contributed by atoms with van der Waals surface area (Å²) in [4.78, 5) is 20.8. The number of hydrogen-bond donors (Lipinski definition) is 2. The molecule has 4 aromatic rings. The van der Waals surface area contributed by atoms with Crippen molar-refractivity contribution in [3.05, 3.63) is 63.6 Å². The molecule has 2 aromatic carbocycles. The van der Waals surface area contributed by atoms with Crippen molar-refractivity contribution in [2.45, 2.75) is 0 Å². The van der Waals surface area contributed by atoms with Crippen LogP contribution in [-0.2, 0) is 0 Å². The third-order valence-corrected chi connectivity index (χ3v) is 5.95. The minimum atomic E-state index is -0.635. The number of amides is 1.